The molecule has 1 atom stereocenters. The van der Waals surface area contributed by atoms with Gasteiger partial charge in [0.15, 0.2) is 0 Å². The van der Waals surface area contributed by atoms with Gasteiger partial charge in [-0.2, -0.15) is 4.98 Å². The van der Waals surface area contributed by atoms with Gasteiger partial charge in [-0.3, -0.25) is 4.79 Å². The number of carbonyl (C=O) groups excluding carboxylic acids is 2. The van der Waals surface area contributed by atoms with Crippen molar-refractivity contribution in [3.05, 3.63) is 53.6 Å². The lowest BCUT2D eigenvalue weighted by Crippen LogP contribution is -2.61. The van der Waals surface area contributed by atoms with Gasteiger partial charge in [0.1, 0.15) is 17.2 Å². The van der Waals surface area contributed by atoms with Crippen LogP contribution in [0.4, 0.5) is 16.6 Å². The van der Waals surface area contributed by atoms with Gasteiger partial charge in [-0.25, -0.2) is 9.78 Å². The molecule has 6 rings (SSSR count). The molecule has 0 bridgehead atoms. The fourth-order valence-electron chi connectivity index (χ4n) is 5.58. The van der Waals surface area contributed by atoms with Crippen LogP contribution in [-0.4, -0.2) is 58.2 Å². The number of fused-ring (bicyclic) bond motifs is 4. The zero-order valence-electron chi connectivity index (χ0n) is 22.9. The van der Waals surface area contributed by atoms with Crippen LogP contribution in [0, 0.1) is 0 Å². The Kier molecular flexibility index (Phi) is 5.94. The summed E-state index contributed by atoms with van der Waals surface area (Å²) in [5, 5.41) is 5.28. The third-order valence-corrected chi connectivity index (χ3v) is 7.33. The average molecular weight is 541 g/mol. The summed E-state index contributed by atoms with van der Waals surface area (Å²) in [6.07, 6.45) is -0.477. The highest BCUT2D eigenvalue weighted by atomic mass is 16.6. The smallest absolute Gasteiger partial charge is 0.407 e. The lowest BCUT2D eigenvalue weighted by Gasteiger charge is -2.39. The molecule has 3 aromatic carbocycles. The topological polar surface area (TPSA) is 146 Å². The Morgan fingerprint density at radius 1 is 1.05 bits per heavy atom. The molecule has 40 heavy (non-hydrogen) atoms. The van der Waals surface area contributed by atoms with E-state index >= 15 is 0 Å². The molecule has 206 valence electrons. The zero-order chi connectivity index (χ0) is 28.3. The molecule has 10 heteroatoms. The van der Waals surface area contributed by atoms with E-state index in [0.717, 1.165) is 27.5 Å². The van der Waals surface area contributed by atoms with E-state index in [1.54, 1.807) is 4.90 Å². The maximum Gasteiger partial charge on any atom is 0.407 e. The van der Waals surface area contributed by atoms with Gasteiger partial charge in [0.25, 0.3) is 5.91 Å². The quantitative estimate of drug-likeness (QED) is 0.345. The summed E-state index contributed by atoms with van der Waals surface area (Å²) in [5.74, 6) is 1.12. The summed E-state index contributed by atoms with van der Waals surface area (Å²) in [5.41, 5.74) is 15.8. The van der Waals surface area contributed by atoms with Crippen LogP contribution in [0.5, 0.6) is 5.75 Å². The van der Waals surface area contributed by atoms with Crippen molar-refractivity contribution in [2.24, 2.45) is 0 Å². The van der Waals surface area contributed by atoms with Crippen molar-refractivity contribution in [3.63, 3.8) is 0 Å². The van der Waals surface area contributed by atoms with Crippen LogP contribution < -0.4 is 21.5 Å². The number of nitrogens with two attached hydrogens (primary N) is 2. The van der Waals surface area contributed by atoms with Crippen molar-refractivity contribution >= 4 is 45.4 Å². The SMILES string of the molecule is CC1COc2c1c(-c1ccc(C(=O)N3CC(NC(=O)OC(C)(C)C)C3)c3ccccc13)cc1nc(N)nc(N)c21. The molecule has 0 radical (unpaired) electrons. The Labute approximate surface area is 231 Å². The second-order valence-corrected chi connectivity index (χ2v) is 11.5. The monoisotopic (exact) mass is 540 g/mol. The van der Waals surface area contributed by atoms with Crippen LogP contribution in [-0.2, 0) is 4.74 Å². The van der Waals surface area contributed by atoms with Crippen molar-refractivity contribution in [3.8, 4) is 16.9 Å². The van der Waals surface area contributed by atoms with Crippen LogP contribution >= 0.6 is 0 Å². The Balaban J connectivity index is 1.36. The number of ether oxygens (including phenoxy) is 2. The molecule has 1 fully saturated rings. The third kappa shape index (κ3) is 4.39. The van der Waals surface area contributed by atoms with Crippen molar-refractivity contribution in [2.75, 3.05) is 31.2 Å². The molecule has 4 aromatic rings. The fraction of sp³-hybridized carbons (Fsp3) is 0.333. The molecule has 1 aromatic heterocycles. The van der Waals surface area contributed by atoms with Crippen molar-refractivity contribution in [1.82, 2.24) is 20.2 Å². The van der Waals surface area contributed by atoms with Crippen molar-refractivity contribution in [2.45, 2.75) is 45.3 Å². The number of alkyl carbamates (subject to hydrolysis) is 1. The second kappa shape index (κ2) is 9.25. The first-order valence-corrected chi connectivity index (χ1v) is 13.3. The highest BCUT2D eigenvalue weighted by Gasteiger charge is 2.35. The van der Waals surface area contributed by atoms with E-state index in [1.165, 1.54) is 0 Å². The van der Waals surface area contributed by atoms with E-state index in [4.69, 9.17) is 20.9 Å². The number of hydrogen-bond donors (Lipinski definition) is 3. The summed E-state index contributed by atoms with van der Waals surface area (Å²) < 4.78 is 11.4. The molecule has 1 saturated heterocycles. The predicted molar refractivity (Wildman–Crippen MR) is 154 cm³/mol. The average Bonchev–Trinajstić information content (AvgIpc) is 3.24. The molecule has 0 saturated carbocycles. The van der Waals surface area contributed by atoms with E-state index in [-0.39, 0.29) is 23.8 Å². The highest BCUT2D eigenvalue weighted by molar-refractivity contribution is 6.12. The van der Waals surface area contributed by atoms with E-state index in [0.29, 0.717) is 47.7 Å². The molecular formula is C30H32N6O4. The molecular weight excluding hydrogens is 508 g/mol. The first-order chi connectivity index (χ1) is 19.0. The third-order valence-electron chi connectivity index (χ3n) is 7.33. The van der Waals surface area contributed by atoms with Crippen LogP contribution in [0.2, 0.25) is 0 Å². The largest absolute Gasteiger partial charge is 0.492 e. The summed E-state index contributed by atoms with van der Waals surface area (Å²) in [6.45, 7) is 8.92. The summed E-state index contributed by atoms with van der Waals surface area (Å²) in [4.78, 5) is 36.0. The molecule has 1 unspecified atom stereocenters. The first-order valence-electron chi connectivity index (χ1n) is 13.3. The van der Waals surface area contributed by atoms with Crippen LogP contribution in [0.25, 0.3) is 32.8 Å². The van der Waals surface area contributed by atoms with Gasteiger partial charge in [-0.1, -0.05) is 37.3 Å². The van der Waals surface area contributed by atoms with E-state index < -0.39 is 11.7 Å². The van der Waals surface area contributed by atoms with E-state index in [2.05, 4.69) is 22.2 Å². The number of anilines is 2. The standard InChI is InChI=1S/C30H32N6O4/c1-15-14-39-25-23(15)21(11-22-24(25)26(31)35-28(32)34-22)19-9-10-20(18-8-6-5-7-17(18)19)27(37)36-12-16(13-36)33-29(38)40-30(2,3)4/h5-11,15-16H,12-14H2,1-4H3,(H,33,38)(H4,31,32,34,35). The zero-order valence-corrected chi connectivity index (χ0v) is 22.9. The number of nitrogens with zero attached hydrogens (tertiary/aromatic N) is 3. The Hall–Kier alpha value is -4.60. The van der Waals surface area contributed by atoms with Gasteiger partial charge in [0, 0.05) is 30.1 Å². The maximum atomic E-state index is 13.6. The number of amides is 2. The fourth-order valence-corrected chi connectivity index (χ4v) is 5.58. The highest BCUT2D eigenvalue weighted by Crippen LogP contribution is 2.48. The lowest BCUT2D eigenvalue weighted by atomic mass is 9.87. The van der Waals surface area contributed by atoms with Crippen LogP contribution in [0.15, 0.2) is 42.5 Å². The number of hydrogen-bond acceptors (Lipinski definition) is 8. The number of rotatable bonds is 3. The molecule has 2 aliphatic heterocycles. The molecule has 2 amide bonds. The number of carbonyl (C=O) groups is 2. The number of likely N-dealkylation sites (tertiary alicyclic amines) is 1. The first kappa shape index (κ1) is 25.7. The minimum Gasteiger partial charge on any atom is -0.492 e. The lowest BCUT2D eigenvalue weighted by molar-refractivity contribution is 0.0360. The van der Waals surface area contributed by atoms with Gasteiger partial charge < -0.3 is 31.2 Å². The Bertz CT molecular complexity index is 1690. The van der Waals surface area contributed by atoms with Gasteiger partial charge >= 0.3 is 6.09 Å². The van der Waals surface area contributed by atoms with E-state index in [9.17, 15) is 9.59 Å². The maximum absolute atomic E-state index is 13.6. The summed E-state index contributed by atoms with van der Waals surface area (Å²) in [6, 6.07) is 13.6. The Morgan fingerprint density at radius 3 is 2.50 bits per heavy atom. The van der Waals surface area contributed by atoms with Gasteiger partial charge in [-0.05, 0) is 54.8 Å². The number of nitrogens with one attached hydrogen (secondary N) is 1. The van der Waals surface area contributed by atoms with Crippen molar-refractivity contribution < 1.29 is 19.1 Å². The van der Waals surface area contributed by atoms with Crippen LogP contribution in [0.1, 0.15) is 49.5 Å². The van der Waals surface area contributed by atoms with E-state index in [1.807, 2.05) is 63.2 Å². The van der Waals surface area contributed by atoms with Crippen LogP contribution in [0.3, 0.4) is 0 Å². The summed E-state index contributed by atoms with van der Waals surface area (Å²) in [7, 11) is 0. The van der Waals surface area contributed by atoms with Gasteiger partial charge in [0.05, 0.1) is 23.6 Å². The van der Waals surface area contributed by atoms with Gasteiger partial charge in [-0.15, -0.1) is 0 Å². The summed E-state index contributed by atoms with van der Waals surface area (Å²) >= 11 is 0. The normalized spacial score (nSPS) is 16.9. The minimum absolute atomic E-state index is 0.0845. The molecule has 5 N–H and O–H groups in total. The molecule has 0 spiro atoms. The molecule has 3 heterocycles. The van der Waals surface area contributed by atoms with Gasteiger partial charge in [0.2, 0.25) is 5.95 Å². The minimum atomic E-state index is -0.578. The Morgan fingerprint density at radius 2 is 1.77 bits per heavy atom. The predicted octanol–water partition coefficient (Wildman–Crippen LogP) is 4.46. The molecule has 2 aliphatic rings. The van der Waals surface area contributed by atoms with Crippen molar-refractivity contribution in [1.29, 1.82) is 0 Å². The molecule has 10 nitrogen and oxygen atoms in total. The number of aromatic nitrogens is 2. The second-order valence-electron chi connectivity index (χ2n) is 11.5. The molecule has 0 aliphatic carbocycles. The number of benzene rings is 3. The number of nitrogen functional groups attached to an aromatic ring is 2.